The zero-order valence-corrected chi connectivity index (χ0v) is 38.8. The number of nitrogens with two attached hydrogens (primary N) is 1. The summed E-state index contributed by atoms with van der Waals surface area (Å²) in [5, 5.41) is 3.15. The van der Waals surface area contributed by atoms with Crippen molar-refractivity contribution in [3.8, 4) is 0 Å². The number of halogens is 2. The molecular weight excluding hydrogens is 811 g/mol. The zero-order chi connectivity index (χ0) is 45.6. The first kappa shape index (κ1) is 49.1. The Morgan fingerprint density at radius 1 is 0.656 bits per heavy atom. The molecule has 0 unspecified atom stereocenters. The monoisotopic (exact) mass is 885 g/mol. The molecule has 0 radical (unpaired) electrons. The van der Waals surface area contributed by atoms with E-state index in [9.17, 15) is 23.2 Å². The molecule has 10 nitrogen and oxygen atoms in total. The van der Waals surface area contributed by atoms with Gasteiger partial charge in [0.1, 0.15) is 18.2 Å². The first-order chi connectivity index (χ1) is 30.8. The lowest BCUT2D eigenvalue weighted by atomic mass is 9.80. The molecular formula is C52H74F2N6O4. The zero-order valence-electron chi connectivity index (χ0n) is 38.8. The van der Waals surface area contributed by atoms with Crippen molar-refractivity contribution in [1.29, 1.82) is 0 Å². The molecule has 12 heteroatoms. The van der Waals surface area contributed by atoms with Crippen molar-refractivity contribution >= 4 is 17.9 Å². The summed E-state index contributed by atoms with van der Waals surface area (Å²) < 4.78 is 31.9. The van der Waals surface area contributed by atoms with Crippen LogP contribution in [0.4, 0.5) is 13.6 Å². The van der Waals surface area contributed by atoms with Crippen LogP contribution < -0.4 is 11.1 Å². The summed E-state index contributed by atoms with van der Waals surface area (Å²) in [4.78, 5) is 45.2. The molecule has 64 heavy (non-hydrogen) atoms. The fraction of sp³-hybridized carbons (Fsp3) is 0.596. The second kappa shape index (κ2) is 24.2. The second-order valence-electron chi connectivity index (χ2n) is 19.4. The molecule has 4 aliphatic rings. The Kier molecular flexibility index (Phi) is 18.6. The van der Waals surface area contributed by atoms with E-state index in [0.29, 0.717) is 29.7 Å². The average molecular weight is 885 g/mol. The molecule has 2 aliphatic heterocycles. The number of hydrogen-bond donors (Lipinski definition) is 2. The van der Waals surface area contributed by atoms with Crippen molar-refractivity contribution in [2.75, 3.05) is 53.4 Å². The number of ether oxygens (including phenoxy) is 1. The lowest BCUT2D eigenvalue weighted by Crippen LogP contribution is -2.53. The van der Waals surface area contributed by atoms with Crippen LogP contribution in [0.2, 0.25) is 0 Å². The summed E-state index contributed by atoms with van der Waals surface area (Å²) in [7, 11) is 3.74. The molecule has 0 aromatic heterocycles. The number of piperidine rings is 2. The highest BCUT2D eigenvalue weighted by Crippen LogP contribution is 2.32. The summed E-state index contributed by atoms with van der Waals surface area (Å²) in [5.41, 5.74) is 9.86. The minimum absolute atomic E-state index is 0.0496. The van der Waals surface area contributed by atoms with Gasteiger partial charge in [0.05, 0.1) is 0 Å². The van der Waals surface area contributed by atoms with Gasteiger partial charge in [-0.1, -0.05) is 54.6 Å². The van der Waals surface area contributed by atoms with E-state index in [2.05, 4.69) is 15.1 Å². The van der Waals surface area contributed by atoms with E-state index < -0.39 is 6.09 Å². The summed E-state index contributed by atoms with van der Waals surface area (Å²) in [6, 6.07) is 24.0. The highest BCUT2D eigenvalue weighted by molar-refractivity contribution is 5.73. The number of amides is 3. The molecule has 0 bridgehead atoms. The van der Waals surface area contributed by atoms with Crippen LogP contribution in [0.3, 0.4) is 0 Å². The van der Waals surface area contributed by atoms with Gasteiger partial charge >= 0.3 is 6.09 Å². The molecule has 8 atom stereocenters. The van der Waals surface area contributed by atoms with E-state index in [1.165, 1.54) is 30.4 Å². The Hall–Kier alpha value is -4.39. The highest BCUT2D eigenvalue weighted by atomic mass is 19.1. The molecule has 3 aromatic carbocycles. The van der Waals surface area contributed by atoms with Crippen molar-refractivity contribution in [3.05, 3.63) is 107 Å². The first-order valence-corrected chi connectivity index (χ1v) is 23.9. The molecule has 3 N–H and O–H groups in total. The maximum Gasteiger partial charge on any atom is 0.407 e. The first-order valence-electron chi connectivity index (χ1n) is 23.9. The van der Waals surface area contributed by atoms with Crippen LogP contribution in [0.1, 0.15) is 94.7 Å². The van der Waals surface area contributed by atoms with Gasteiger partial charge in [0.2, 0.25) is 11.8 Å². The molecule has 3 amide bonds. The number of hydrogen-bond acceptors (Lipinski definition) is 7. The Morgan fingerprint density at radius 3 is 1.64 bits per heavy atom. The van der Waals surface area contributed by atoms with Crippen molar-refractivity contribution in [3.63, 3.8) is 0 Å². The number of nitrogens with one attached hydrogen (secondary N) is 1. The fourth-order valence-corrected chi connectivity index (χ4v) is 10.8. The molecule has 4 fully saturated rings. The summed E-state index contributed by atoms with van der Waals surface area (Å²) in [6.07, 6.45) is 12.1. The molecule has 0 spiro atoms. The number of alkyl carbamates (subject to hydrolysis) is 1. The predicted molar refractivity (Wildman–Crippen MR) is 249 cm³/mol. The maximum atomic E-state index is 13.3. The topological polar surface area (TPSA) is 111 Å². The molecule has 350 valence electrons. The van der Waals surface area contributed by atoms with Gasteiger partial charge in [0.15, 0.2) is 0 Å². The third-order valence-electron chi connectivity index (χ3n) is 14.7. The Balaban J connectivity index is 0.000000223. The SMILES string of the molecule is CC(=O)N(C)[C@@H]1CC[C@@H](CN2CCC[C@@H](Cc3ccc(F)cc3)C2)[C@H](N)C1.CC(=O)N(C)[C@@H]1CC[C@@H](CN2CCC[C@@H](Cc3ccc(F)cc3)C2)[C@H](NC(=O)OCc2ccccc2)C1. The number of benzene rings is 3. The minimum atomic E-state index is -0.405. The third-order valence-corrected chi connectivity index (χ3v) is 14.7. The molecule has 2 heterocycles. The van der Waals surface area contributed by atoms with Crippen molar-refractivity contribution in [2.45, 2.75) is 122 Å². The van der Waals surface area contributed by atoms with Crippen molar-refractivity contribution in [1.82, 2.24) is 24.9 Å². The Morgan fingerprint density at radius 2 is 1.14 bits per heavy atom. The lowest BCUT2D eigenvalue weighted by Gasteiger charge is -2.43. The molecule has 3 aromatic rings. The van der Waals surface area contributed by atoms with Crippen LogP contribution in [0, 0.1) is 35.3 Å². The van der Waals surface area contributed by atoms with E-state index in [0.717, 1.165) is 103 Å². The standard InChI is InChI=1S/C30H40FN3O3.C22H34FN3O/c1-22(35)33(2)28-15-12-26(29(18-28)32-30(36)37-21-24-7-4-3-5-8-24)20-34-16-6-9-25(19-34)17-23-10-13-27(31)14-11-23;1-16(27)25(2)21-10-7-19(22(24)13-21)15-26-11-3-4-18(14-26)12-17-5-8-20(23)9-6-17/h3-5,7-8,10-11,13-14,25-26,28-29H,6,9,12,15-21H2,1-2H3,(H,32,36);5-6,8-9,18-19,21-22H,3-4,7,10-15,24H2,1-2H3/t25-,26-,28+,29+;18-,19-,21+,22+/m00/s1. The average Bonchev–Trinajstić information content (AvgIpc) is 3.29. The minimum Gasteiger partial charge on any atom is -0.445 e. The van der Waals surface area contributed by atoms with E-state index in [-0.39, 0.29) is 48.2 Å². The molecule has 7 rings (SSSR count). The van der Waals surface area contributed by atoms with Gasteiger partial charge in [-0.05, 0) is 155 Å². The van der Waals surface area contributed by atoms with Crippen LogP contribution in [0.25, 0.3) is 0 Å². The maximum absolute atomic E-state index is 13.3. The van der Waals surface area contributed by atoms with E-state index in [1.807, 2.05) is 73.6 Å². The highest BCUT2D eigenvalue weighted by Gasteiger charge is 2.37. The third kappa shape index (κ3) is 15.1. The number of carbonyl (C=O) groups is 3. The Bertz CT molecular complexity index is 1900. The van der Waals surface area contributed by atoms with Gasteiger partial charge in [-0.15, -0.1) is 0 Å². The number of likely N-dealkylation sites (tertiary alicyclic amines) is 2. The number of rotatable bonds is 13. The van der Waals surface area contributed by atoms with Gasteiger partial charge < -0.3 is 35.4 Å². The quantitative estimate of drug-likeness (QED) is 0.179. The Labute approximate surface area is 381 Å². The van der Waals surface area contributed by atoms with Crippen molar-refractivity contribution in [2.24, 2.45) is 29.4 Å². The van der Waals surface area contributed by atoms with E-state index >= 15 is 0 Å². The molecule has 2 saturated heterocycles. The summed E-state index contributed by atoms with van der Waals surface area (Å²) in [6.45, 7) is 9.77. The summed E-state index contributed by atoms with van der Waals surface area (Å²) >= 11 is 0. The number of nitrogens with zero attached hydrogens (tertiary/aromatic N) is 4. The number of carbonyl (C=O) groups excluding carboxylic acids is 3. The van der Waals surface area contributed by atoms with E-state index in [4.69, 9.17) is 10.5 Å². The van der Waals surface area contributed by atoms with Gasteiger partial charge in [-0.25, -0.2) is 13.6 Å². The second-order valence-corrected chi connectivity index (χ2v) is 19.4. The van der Waals surface area contributed by atoms with Crippen molar-refractivity contribution < 1.29 is 27.9 Å². The largest absolute Gasteiger partial charge is 0.445 e. The van der Waals surface area contributed by atoms with Gasteiger partial charge in [0, 0.05) is 78.3 Å². The lowest BCUT2D eigenvalue weighted by molar-refractivity contribution is -0.131. The van der Waals surface area contributed by atoms with Gasteiger partial charge in [-0.3, -0.25) is 9.59 Å². The molecule has 2 saturated carbocycles. The van der Waals surface area contributed by atoms with E-state index in [1.54, 1.807) is 43.0 Å². The van der Waals surface area contributed by atoms with Crippen LogP contribution >= 0.6 is 0 Å². The van der Waals surface area contributed by atoms with Crippen LogP contribution in [-0.4, -0.2) is 115 Å². The van der Waals surface area contributed by atoms with Crippen LogP contribution in [0.15, 0.2) is 78.9 Å². The molecule has 2 aliphatic carbocycles. The van der Waals surface area contributed by atoms with Gasteiger partial charge in [-0.2, -0.15) is 0 Å². The van der Waals surface area contributed by atoms with Gasteiger partial charge in [0.25, 0.3) is 0 Å². The van der Waals surface area contributed by atoms with Crippen LogP contribution in [-0.2, 0) is 33.8 Å². The van der Waals surface area contributed by atoms with Crippen LogP contribution in [0.5, 0.6) is 0 Å². The predicted octanol–water partition coefficient (Wildman–Crippen LogP) is 8.08. The summed E-state index contributed by atoms with van der Waals surface area (Å²) in [5.74, 6) is 1.82. The smallest absolute Gasteiger partial charge is 0.407 e. The normalized spacial score (nSPS) is 26.5. The fourth-order valence-electron chi connectivity index (χ4n) is 10.8.